The lowest BCUT2D eigenvalue weighted by molar-refractivity contribution is 0.503. The topological polar surface area (TPSA) is 0 Å². The lowest BCUT2D eigenvalue weighted by Crippen LogP contribution is -2.13. The van der Waals surface area contributed by atoms with Gasteiger partial charge < -0.3 is 0 Å². The molecule has 0 N–H and O–H groups in total. The average Bonchev–Trinajstić information content (AvgIpc) is 2.51. The molecule has 0 nitrogen and oxygen atoms in total. The number of allylic oxidation sites excluding steroid dienone is 1. The van der Waals surface area contributed by atoms with Gasteiger partial charge in [-0.3, -0.25) is 0 Å². The fourth-order valence-electron chi connectivity index (χ4n) is 3.89. The Labute approximate surface area is 129 Å². The molecule has 0 amide bonds. The first-order valence-electron chi connectivity index (χ1n) is 7.77. The molecule has 0 aromatic heterocycles. The molecule has 108 valence electrons. The van der Waals surface area contributed by atoms with Crippen molar-refractivity contribution in [1.82, 2.24) is 0 Å². The Kier molecular flexibility index (Phi) is 3.08. The normalized spacial score (nSPS) is 20.4. The van der Waals surface area contributed by atoms with Crippen molar-refractivity contribution >= 4 is 28.4 Å². The van der Waals surface area contributed by atoms with E-state index in [0.717, 1.165) is 42.0 Å². The van der Waals surface area contributed by atoms with E-state index in [1.54, 1.807) is 0 Å². The summed E-state index contributed by atoms with van der Waals surface area (Å²) in [4.78, 5) is 0. The minimum atomic E-state index is -0.234. The molecule has 2 aliphatic rings. The molecule has 21 heavy (non-hydrogen) atoms. The number of fused-ring (bicyclic) bond motifs is 5. The summed E-state index contributed by atoms with van der Waals surface area (Å²) in [6, 6.07) is 4.39. The maximum atomic E-state index is 14.7. The zero-order valence-electron chi connectivity index (χ0n) is 12.2. The monoisotopic (exact) mass is 300 g/mol. The van der Waals surface area contributed by atoms with Crippen molar-refractivity contribution in [2.45, 2.75) is 39.0 Å². The van der Waals surface area contributed by atoms with Crippen LogP contribution < -0.4 is 0 Å². The summed E-state index contributed by atoms with van der Waals surface area (Å²) in [5, 5.41) is 2.46. The van der Waals surface area contributed by atoms with Crippen LogP contribution in [0.25, 0.3) is 16.8 Å². The fourth-order valence-corrected chi connectivity index (χ4v) is 4.21. The molecule has 1 unspecified atom stereocenters. The summed E-state index contributed by atoms with van der Waals surface area (Å²) in [5.74, 6) is 0.417. The molecular formula is C19H18ClF. The standard InChI is InChI=1S/C19H18ClF/c1-11-6-7-12-8-9-14-13-4-2-3-5-15(13)19(21)18(20)17(14)16(12)10-11/h3,5,8-9,11H,2,4,6-7,10H2,1H3. The number of rotatable bonds is 0. The van der Waals surface area contributed by atoms with Crippen LogP contribution in [0.2, 0.25) is 5.02 Å². The summed E-state index contributed by atoms with van der Waals surface area (Å²) in [7, 11) is 0. The minimum absolute atomic E-state index is 0.234. The predicted molar refractivity (Wildman–Crippen MR) is 87.5 cm³/mol. The van der Waals surface area contributed by atoms with Crippen LogP contribution in [0.1, 0.15) is 42.0 Å². The zero-order chi connectivity index (χ0) is 14.6. The first kappa shape index (κ1) is 13.3. The van der Waals surface area contributed by atoms with Crippen LogP contribution in [0.4, 0.5) is 4.39 Å². The quantitative estimate of drug-likeness (QED) is 0.584. The van der Waals surface area contributed by atoms with Gasteiger partial charge in [-0.05, 0) is 60.1 Å². The van der Waals surface area contributed by atoms with Crippen LogP contribution >= 0.6 is 11.6 Å². The van der Waals surface area contributed by atoms with Gasteiger partial charge in [-0.15, -0.1) is 0 Å². The smallest absolute Gasteiger partial charge is 0.149 e. The highest BCUT2D eigenvalue weighted by Gasteiger charge is 2.24. The molecular weight excluding hydrogens is 283 g/mol. The van der Waals surface area contributed by atoms with Gasteiger partial charge in [0.2, 0.25) is 0 Å². The van der Waals surface area contributed by atoms with Gasteiger partial charge >= 0.3 is 0 Å². The third-order valence-corrected chi connectivity index (χ3v) is 5.37. The molecule has 0 heterocycles. The lowest BCUT2D eigenvalue weighted by Gasteiger charge is -2.25. The number of benzene rings is 2. The highest BCUT2D eigenvalue weighted by Crippen LogP contribution is 2.41. The Morgan fingerprint density at radius 2 is 2.05 bits per heavy atom. The third kappa shape index (κ3) is 1.94. The molecule has 0 saturated heterocycles. The predicted octanol–water partition coefficient (Wildman–Crippen LogP) is 5.72. The average molecular weight is 301 g/mol. The molecule has 2 heteroatoms. The number of aryl methyl sites for hydroxylation is 2. The molecule has 0 saturated carbocycles. The van der Waals surface area contributed by atoms with E-state index in [0.29, 0.717) is 16.5 Å². The molecule has 0 aliphatic heterocycles. The Hall–Kier alpha value is -1.34. The van der Waals surface area contributed by atoms with E-state index in [2.05, 4.69) is 19.1 Å². The van der Waals surface area contributed by atoms with Crippen LogP contribution in [0.15, 0.2) is 18.2 Å². The second-order valence-corrected chi connectivity index (χ2v) is 6.81. The molecule has 4 rings (SSSR count). The highest BCUT2D eigenvalue weighted by atomic mass is 35.5. The first-order valence-corrected chi connectivity index (χ1v) is 8.15. The minimum Gasteiger partial charge on any atom is -0.205 e. The number of hydrogen-bond acceptors (Lipinski definition) is 0. The Morgan fingerprint density at radius 1 is 1.19 bits per heavy atom. The van der Waals surface area contributed by atoms with Gasteiger partial charge in [0, 0.05) is 10.9 Å². The fraction of sp³-hybridized carbons (Fsp3) is 0.368. The summed E-state index contributed by atoms with van der Waals surface area (Å²) in [6.45, 7) is 2.27. The first-order chi connectivity index (χ1) is 10.2. The summed E-state index contributed by atoms with van der Waals surface area (Å²) >= 11 is 6.44. The molecule has 0 radical (unpaired) electrons. The molecule has 2 aliphatic carbocycles. The van der Waals surface area contributed by atoms with Crippen molar-refractivity contribution in [3.63, 3.8) is 0 Å². The van der Waals surface area contributed by atoms with Crippen LogP contribution in [-0.2, 0) is 19.3 Å². The van der Waals surface area contributed by atoms with Gasteiger partial charge in [-0.1, -0.05) is 42.8 Å². The van der Waals surface area contributed by atoms with E-state index >= 15 is 0 Å². The number of hydrogen-bond donors (Lipinski definition) is 0. The van der Waals surface area contributed by atoms with Gasteiger partial charge in [0.05, 0.1) is 5.02 Å². The van der Waals surface area contributed by atoms with Crippen molar-refractivity contribution < 1.29 is 4.39 Å². The highest BCUT2D eigenvalue weighted by molar-refractivity contribution is 6.36. The van der Waals surface area contributed by atoms with E-state index in [-0.39, 0.29) is 5.82 Å². The van der Waals surface area contributed by atoms with Gasteiger partial charge in [0.1, 0.15) is 5.82 Å². The molecule has 2 aromatic rings. The van der Waals surface area contributed by atoms with Crippen molar-refractivity contribution in [3.05, 3.63) is 51.3 Å². The van der Waals surface area contributed by atoms with Crippen molar-refractivity contribution in [2.75, 3.05) is 0 Å². The molecule has 0 spiro atoms. The Balaban J connectivity index is 2.11. The van der Waals surface area contributed by atoms with Crippen LogP contribution in [0, 0.1) is 11.7 Å². The van der Waals surface area contributed by atoms with Crippen LogP contribution in [-0.4, -0.2) is 0 Å². The second-order valence-electron chi connectivity index (χ2n) is 6.44. The molecule has 0 bridgehead atoms. The van der Waals surface area contributed by atoms with Gasteiger partial charge in [0.15, 0.2) is 0 Å². The van der Waals surface area contributed by atoms with Crippen LogP contribution in [0.3, 0.4) is 0 Å². The lowest BCUT2D eigenvalue weighted by atomic mass is 9.80. The third-order valence-electron chi connectivity index (χ3n) is 5.01. The van der Waals surface area contributed by atoms with E-state index in [1.807, 2.05) is 12.2 Å². The number of halogens is 2. The maximum Gasteiger partial charge on any atom is 0.149 e. The maximum absolute atomic E-state index is 14.7. The SMILES string of the molecule is CC1CCc2ccc3c4c(c(F)c(Cl)c3c2C1)C=CCC4. The molecule has 1 atom stereocenters. The molecule has 0 fully saturated rings. The van der Waals surface area contributed by atoms with Gasteiger partial charge in [0.25, 0.3) is 0 Å². The Morgan fingerprint density at radius 3 is 2.90 bits per heavy atom. The largest absolute Gasteiger partial charge is 0.205 e. The van der Waals surface area contributed by atoms with E-state index in [1.165, 1.54) is 17.5 Å². The van der Waals surface area contributed by atoms with Crippen molar-refractivity contribution in [2.24, 2.45) is 5.92 Å². The van der Waals surface area contributed by atoms with Crippen LogP contribution in [0.5, 0.6) is 0 Å². The van der Waals surface area contributed by atoms with Gasteiger partial charge in [-0.2, -0.15) is 0 Å². The second kappa shape index (κ2) is 4.84. The van der Waals surface area contributed by atoms with E-state index in [9.17, 15) is 4.39 Å². The van der Waals surface area contributed by atoms with Gasteiger partial charge in [-0.25, -0.2) is 4.39 Å². The van der Waals surface area contributed by atoms with Crippen molar-refractivity contribution in [1.29, 1.82) is 0 Å². The van der Waals surface area contributed by atoms with Crippen molar-refractivity contribution in [3.8, 4) is 0 Å². The molecule has 2 aromatic carbocycles. The Bertz CT molecular complexity index is 773. The van der Waals surface area contributed by atoms with E-state index in [4.69, 9.17) is 11.6 Å². The summed E-state index contributed by atoms with van der Waals surface area (Å²) < 4.78 is 14.7. The zero-order valence-corrected chi connectivity index (χ0v) is 12.9. The van der Waals surface area contributed by atoms with E-state index < -0.39 is 0 Å². The summed E-state index contributed by atoms with van der Waals surface area (Å²) in [6.07, 6.45) is 9.13. The summed E-state index contributed by atoms with van der Waals surface area (Å²) in [5.41, 5.74) is 4.47.